The zero-order valence-corrected chi connectivity index (χ0v) is 8.08. The number of ether oxygens (including phenoxy) is 1. The highest BCUT2D eigenvalue weighted by Crippen LogP contribution is 2.76. The van der Waals surface area contributed by atoms with Gasteiger partial charge in [-0.1, -0.05) is 0 Å². The summed E-state index contributed by atoms with van der Waals surface area (Å²) < 4.78 is 5.68. The second-order valence-electron chi connectivity index (χ2n) is 5.35. The van der Waals surface area contributed by atoms with Crippen LogP contribution in [0.1, 0.15) is 26.7 Å². The number of aliphatic hydroxyl groups excluding tert-OH is 1. The van der Waals surface area contributed by atoms with Gasteiger partial charge >= 0.3 is 0 Å². The predicted octanol–water partition coefficient (Wildman–Crippen LogP) is 0.297. The smallest absolute Gasteiger partial charge is 0.0939 e. The van der Waals surface area contributed by atoms with E-state index in [0.29, 0.717) is 13.0 Å². The molecular formula is C10H16O3. The minimum atomic E-state index is -0.732. The SMILES string of the molecule is C[C@]1(O)CO[C@@]2(C)C[C@@H](O)[C@@H]3C[C@]312. The summed E-state index contributed by atoms with van der Waals surface area (Å²) in [4.78, 5) is 0. The van der Waals surface area contributed by atoms with E-state index >= 15 is 0 Å². The lowest BCUT2D eigenvalue weighted by Crippen LogP contribution is -2.42. The zero-order chi connectivity index (χ0) is 9.48. The van der Waals surface area contributed by atoms with Crippen molar-refractivity contribution >= 4 is 0 Å². The van der Waals surface area contributed by atoms with Gasteiger partial charge in [0.2, 0.25) is 0 Å². The van der Waals surface area contributed by atoms with E-state index in [1.165, 1.54) is 0 Å². The average molecular weight is 184 g/mol. The first kappa shape index (κ1) is 8.21. The first-order chi connectivity index (χ1) is 5.93. The molecule has 2 saturated carbocycles. The van der Waals surface area contributed by atoms with Gasteiger partial charge in [-0.2, -0.15) is 0 Å². The Morgan fingerprint density at radius 3 is 2.54 bits per heavy atom. The Balaban J connectivity index is 2.09. The summed E-state index contributed by atoms with van der Waals surface area (Å²) in [5.74, 6) is 0.273. The molecule has 3 aliphatic rings. The van der Waals surface area contributed by atoms with Crippen LogP contribution in [0.2, 0.25) is 0 Å². The van der Waals surface area contributed by atoms with E-state index in [-0.39, 0.29) is 23.0 Å². The van der Waals surface area contributed by atoms with Crippen LogP contribution in [-0.2, 0) is 4.74 Å². The fourth-order valence-electron chi connectivity index (χ4n) is 3.89. The minimum Gasteiger partial charge on any atom is -0.393 e. The van der Waals surface area contributed by atoms with Gasteiger partial charge in [0, 0.05) is 11.8 Å². The van der Waals surface area contributed by atoms with Crippen molar-refractivity contribution in [2.24, 2.45) is 11.3 Å². The second-order valence-corrected chi connectivity index (χ2v) is 5.35. The molecule has 3 rings (SSSR count). The molecule has 1 spiro atoms. The van der Waals surface area contributed by atoms with Crippen molar-refractivity contribution < 1.29 is 14.9 Å². The first-order valence-corrected chi connectivity index (χ1v) is 4.97. The molecule has 5 atom stereocenters. The Morgan fingerprint density at radius 2 is 2.00 bits per heavy atom. The number of hydrogen-bond acceptors (Lipinski definition) is 3. The van der Waals surface area contributed by atoms with Gasteiger partial charge in [-0.3, -0.25) is 0 Å². The van der Waals surface area contributed by atoms with E-state index in [1.807, 2.05) is 13.8 Å². The molecule has 2 aliphatic carbocycles. The second kappa shape index (κ2) is 1.81. The maximum Gasteiger partial charge on any atom is 0.0939 e. The third-order valence-corrected chi connectivity index (χ3v) is 4.65. The van der Waals surface area contributed by atoms with E-state index in [2.05, 4.69) is 0 Å². The van der Waals surface area contributed by atoms with E-state index in [0.717, 1.165) is 6.42 Å². The number of hydrogen-bond donors (Lipinski definition) is 2. The van der Waals surface area contributed by atoms with Gasteiger partial charge in [-0.05, 0) is 26.2 Å². The molecule has 0 radical (unpaired) electrons. The highest BCUT2D eigenvalue weighted by molar-refractivity contribution is 5.30. The molecule has 0 amide bonds. The molecule has 1 saturated heterocycles. The lowest BCUT2D eigenvalue weighted by molar-refractivity contribution is -0.0210. The van der Waals surface area contributed by atoms with Crippen LogP contribution >= 0.6 is 0 Å². The molecule has 0 aromatic carbocycles. The quantitative estimate of drug-likeness (QED) is 0.569. The van der Waals surface area contributed by atoms with Crippen molar-refractivity contribution in [2.45, 2.75) is 44.0 Å². The van der Waals surface area contributed by atoms with Gasteiger partial charge in [-0.15, -0.1) is 0 Å². The van der Waals surface area contributed by atoms with Gasteiger partial charge in [0.1, 0.15) is 0 Å². The predicted molar refractivity (Wildman–Crippen MR) is 46.1 cm³/mol. The van der Waals surface area contributed by atoms with Crippen LogP contribution in [0.25, 0.3) is 0 Å². The molecule has 0 aromatic rings. The minimum absolute atomic E-state index is 0.139. The van der Waals surface area contributed by atoms with Gasteiger partial charge < -0.3 is 14.9 Å². The Kier molecular flexibility index (Phi) is 1.14. The van der Waals surface area contributed by atoms with Crippen LogP contribution < -0.4 is 0 Å². The average Bonchev–Trinajstić information content (AvgIpc) is 2.68. The van der Waals surface area contributed by atoms with E-state index in [1.54, 1.807) is 0 Å². The summed E-state index contributed by atoms with van der Waals surface area (Å²) in [6, 6.07) is 0. The van der Waals surface area contributed by atoms with Crippen LogP contribution in [0.4, 0.5) is 0 Å². The molecule has 13 heavy (non-hydrogen) atoms. The Labute approximate surface area is 77.7 Å². The van der Waals surface area contributed by atoms with Gasteiger partial charge in [-0.25, -0.2) is 0 Å². The Bertz CT molecular complexity index is 275. The molecule has 74 valence electrons. The third kappa shape index (κ3) is 0.631. The highest BCUT2D eigenvalue weighted by Gasteiger charge is 2.82. The summed E-state index contributed by atoms with van der Waals surface area (Å²) in [6.07, 6.45) is 1.35. The zero-order valence-electron chi connectivity index (χ0n) is 8.08. The van der Waals surface area contributed by atoms with Gasteiger partial charge in [0.05, 0.1) is 23.9 Å². The van der Waals surface area contributed by atoms with E-state index < -0.39 is 5.60 Å². The van der Waals surface area contributed by atoms with Crippen LogP contribution in [-0.4, -0.2) is 34.1 Å². The summed E-state index contributed by atoms with van der Waals surface area (Å²) in [5, 5.41) is 20.0. The highest BCUT2D eigenvalue weighted by atomic mass is 16.5. The molecule has 1 heterocycles. The van der Waals surface area contributed by atoms with Gasteiger partial charge in [0.25, 0.3) is 0 Å². The molecule has 3 nitrogen and oxygen atoms in total. The normalized spacial score (nSPS) is 69.2. The largest absolute Gasteiger partial charge is 0.393 e. The maximum absolute atomic E-state index is 10.2. The molecule has 2 N–H and O–H groups in total. The third-order valence-electron chi connectivity index (χ3n) is 4.65. The topological polar surface area (TPSA) is 49.7 Å². The molecule has 1 aliphatic heterocycles. The molecule has 3 fully saturated rings. The van der Waals surface area contributed by atoms with Crippen molar-refractivity contribution in [3.63, 3.8) is 0 Å². The van der Waals surface area contributed by atoms with Crippen LogP contribution in [0.3, 0.4) is 0 Å². The standard InChI is InChI=1S/C10H16O3/c1-8(12)5-13-9(2)4-7(11)6-3-10(6,8)9/h6-7,11-12H,3-5H2,1-2H3/t6-,7+,8-,9-,10-/m0/s1. The lowest BCUT2D eigenvalue weighted by Gasteiger charge is -2.31. The monoisotopic (exact) mass is 184 g/mol. The maximum atomic E-state index is 10.2. The summed E-state index contributed by atoms with van der Waals surface area (Å²) >= 11 is 0. The van der Waals surface area contributed by atoms with Crippen molar-refractivity contribution in [2.75, 3.05) is 6.61 Å². The van der Waals surface area contributed by atoms with E-state index in [9.17, 15) is 10.2 Å². The summed E-state index contributed by atoms with van der Waals surface area (Å²) in [5.41, 5.74) is -1.15. The van der Waals surface area contributed by atoms with Crippen LogP contribution in [0.5, 0.6) is 0 Å². The molecular weight excluding hydrogens is 168 g/mol. The summed E-state index contributed by atoms with van der Waals surface area (Å²) in [6.45, 7) is 4.30. The fourth-order valence-corrected chi connectivity index (χ4v) is 3.89. The van der Waals surface area contributed by atoms with Crippen LogP contribution in [0.15, 0.2) is 0 Å². The molecule has 0 aromatic heterocycles. The Morgan fingerprint density at radius 1 is 1.31 bits per heavy atom. The first-order valence-electron chi connectivity index (χ1n) is 4.97. The van der Waals surface area contributed by atoms with Gasteiger partial charge in [0.15, 0.2) is 0 Å². The van der Waals surface area contributed by atoms with Crippen molar-refractivity contribution in [3.8, 4) is 0 Å². The lowest BCUT2D eigenvalue weighted by atomic mass is 9.77. The number of rotatable bonds is 0. The Hall–Kier alpha value is -0.120. The molecule has 0 bridgehead atoms. The van der Waals surface area contributed by atoms with Crippen molar-refractivity contribution in [1.82, 2.24) is 0 Å². The van der Waals surface area contributed by atoms with Crippen LogP contribution in [0, 0.1) is 11.3 Å². The van der Waals surface area contributed by atoms with Crippen molar-refractivity contribution in [3.05, 3.63) is 0 Å². The number of aliphatic hydroxyl groups is 2. The fraction of sp³-hybridized carbons (Fsp3) is 1.00. The summed E-state index contributed by atoms with van der Waals surface area (Å²) in [7, 11) is 0. The van der Waals surface area contributed by atoms with Crippen molar-refractivity contribution in [1.29, 1.82) is 0 Å². The molecule has 3 heteroatoms. The van der Waals surface area contributed by atoms with E-state index in [4.69, 9.17) is 4.74 Å². The molecule has 0 unspecified atom stereocenters.